The number of nitrogens with zero attached hydrogens (tertiary/aromatic N) is 1. The third-order valence-corrected chi connectivity index (χ3v) is 2.55. The van der Waals surface area contributed by atoms with Gasteiger partial charge in [-0.3, -0.25) is 9.59 Å². The molecule has 6 heteroatoms. The van der Waals surface area contributed by atoms with Crippen LogP contribution < -0.4 is 5.32 Å². The van der Waals surface area contributed by atoms with Crippen LogP contribution in [0, 0.1) is 5.95 Å². The minimum Gasteiger partial charge on any atom is -0.481 e. The van der Waals surface area contributed by atoms with E-state index < -0.39 is 17.8 Å². The Hall–Kier alpha value is -1.98. The van der Waals surface area contributed by atoms with Crippen molar-refractivity contribution >= 4 is 11.9 Å². The van der Waals surface area contributed by atoms with Gasteiger partial charge >= 0.3 is 5.97 Å². The third kappa shape index (κ3) is 6.49. The molecule has 0 aromatic carbocycles. The fourth-order valence-corrected chi connectivity index (χ4v) is 1.58. The van der Waals surface area contributed by atoms with Gasteiger partial charge in [0.05, 0.1) is 0 Å². The number of aromatic nitrogens is 1. The number of amides is 1. The van der Waals surface area contributed by atoms with Crippen molar-refractivity contribution in [1.29, 1.82) is 0 Å². The third-order valence-electron chi connectivity index (χ3n) is 2.55. The number of hydrogen-bond donors (Lipinski definition) is 2. The van der Waals surface area contributed by atoms with Crippen molar-refractivity contribution in [3.63, 3.8) is 0 Å². The lowest BCUT2D eigenvalue weighted by molar-refractivity contribution is -0.137. The molecule has 5 nitrogen and oxygen atoms in total. The molecule has 0 bridgehead atoms. The van der Waals surface area contributed by atoms with Crippen LogP contribution in [0.3, 0.4) is 0 Å². The molecule has 0 unspecified atom stereocenters. The Balaban J connectivity index is 2.12. The normalized spacial score (nSPS) is 10.2. The molecule has 1 rings (SSSR count). The van der Waals surface area contributed by atoms with E-state index in [4.69, 9.17) is 5.11 Å². The van der Waals surface area contributed by atoms with E-state index in [1.165, 1.54) is 18.2 Å². The molecule has 0 aliphatic heterocycles. The fraction of sp³-hybridized carbons (Fsp3) is 0.462. The predicted octanol–water partition coefficient (Wildman–Crippen LogP) is 1.99. The molecule has 19 heavy (non-hydrogen) atoms. The minimum absolute atomic E-state index is 0.0610. The van der Waals surface area contributed by atoms with E-state index in [-0.39, 0.29) is 12.1 Å². The Labute approximate surface area is 110 Å². The van der Waals surface area contributed by atoms with Gasteiger partial charge in [-0.25, -0.2) is 4.98 Å². The lowest BCUT2D eigenvalue weighted by atomic mass is 10.1. The van der Waals surface area contributed by atoms with Crippen LogP contribution in [0.2, 0.25) is 0 Å². The van der Waals surface area contributed by atoms with Crippen LogP contribution in [0.15, 0.2) is 18.2 Å². The van der Waals surface area contributed by atoms with Gasteiger partial charge in [0, 0.05) is 13.0 Å². The van der Waals surface area contributed by atoms with E-state index in [9.17, 15) is 14.0 Å². The summed E-state index contributed by atoms with van der Waals surface area (Å²) in [5.74, 6) is -1.86. The molecule has 0 spiro atoms. The van der Waals surface area contributed by atoms with E-state index in [0.29, 0.717) is 13.0 Å². The average Bonchev–Trinajstić information content (AvgIpc) is 2.37. The Morgan fingerprint density at radius 2 is 1.95 bits per heavy atom. The Morgan fingerprint density at radius 3 is 2.63 bits per heavy atom. The van der Waals surface area contributed by atoms with Gasteiger partial charge in [-0.15, -0.1) is 0 Å². The largest absolute Gasteiger partial charge is 0.481 e. The highest BCUT2D eigenvalue weighted by atomic mass is 19.1. The number of nitrogens with one attached hydrogen (secondary N) is 1. The summed E-state index contributed by atoms with van der Waals surface area (Å²) in [5.41, 5.74) is 0.0610. The second kappa shape index (κ2) is 8.18. The molecule has 0 radical (unpaired) electrons. The monoisotopic (exact) mass is 268 g/mol. The van der Waals surface area contributed by atoms with Crippen LogP contribution in [-0.2, 0) is 4.79 Å². The van der Waals surface area contributed by atoms with E-state index in [2.05, 4.69) is 10.3 Å². The molecule has 0 saturated heterocycles. The Morgan fingerprint density at radius 1 is 1.21 bits per heavy atom. The summed E-state index contributed by atoms with van der Waals surface area (Å²) >= 11 is 0. The van der Waals surface area contributed by atoms with Gasteiger partial charge in [0.1, 0.15) is 5.69 Å². The number of carbonyl (C=O) groups is 2. The summed E-state index contributed by atoms with van der Waals surface area (Å²) in [5, 5.41) is 11.1. The highest BCUT2D eigenvalue weighted by Gasteiger charge is 2.06. The first-order chi connectivity index (χ1) is 9.09. The van der Waals surface area contributed by atoms with Gasteiger partial charge in [-0.1, -0.05) is 18.9 Å². The zero-order valence-electron chi connectivity index (χ0n) is 10.6. The highest BCUT2D eigenvalue weighted by molar-refractivity contribution is 5.92. The molecule has 2 N–H and O–H groups in total. The summed E-state index contributed by atoms with van der Waals surface area (Å²) in [6.07, 6.45) is 3.26. The molecule has 1 amide bonds. The summed E-state index contributed by atoms with van der Waals surface area (Å²) in [6, 6.07) is 4.06. The van der Waals surface area contributed by atoms with E-state index in [1.807, 2.05) is 0 Å². The maximum absolute atomic E-state index is 12.8. The number of carbonyl (C=O) groups excluding carboxylic acids is 1. The van der Waals surface area contributed by atoms with Crippen LogP contribution >= 0.6 is 0 Å². The Bertz CT molecular complexity index is 438. The molecule has 104 valence electrons. The average molecular weight is 268 g/mol. The number of hydrogen-bond acceptors (Lipinski definition) is 3. The number of pyridine rings is 1. The number of unbranched alkanes of at least 4 members (excludes halogenated alkanes) is 3. The molecule has 0 aliphatic carbocycles. The number of rotatable bonds is 8. The second-order valence-electron chi connectivity index (χ2n) is 4.16. The van der Waals surface area contributed by atoms with Crippen LogP contribution in [0.1, 0.15) is 42.6 Å². The summed E-state index contributed by atoms with van der Waals surface area (Å²) < 4.78 is 12.8. The second-order valence-corrected chi connectivity index (χ2v) is 4.16. The van der Waals surface area contributed by atoms with Gasteiger partial charge in [0.25, 0.3) is 5.91 Å². The van der Waals surface area contributed by atoms with Crippen molar-refractivity contribution < 1.29 is 19.1 Å². The molecule has 0 fully saturated rings. The van der Waals surface area contributed by atoms with Gasteiger partial charge < -0.3 is 10.4 Å². The van der Waals surface area contributed by atoms with Gasteiger partial charge in [-0.05, 0) is 25.0 Å². The quantitative estimate of drug-likeness (QED) is 0.558. The standard InChI is InChI=1S/C13H17FN2O3/c14-11-7-5-6-10(16-11)13(19)15-9-4-2-1-3-8-12(17)18/h5-7H,1-4,8-9H2,(H,15,19)(H,17,18). The summed E-state index contributed by atoms with van der Waals surface area (Å²) in [7, 11) is 0. The van der Waals surface area contributed by atoms with Crippen molar-refractivity contribution in [1.82, 2.24) is 10.3 Å². The van der Waals surface area contributed by atoms with Crippen LogP contribution in [0.25, 0.3) is 0 Å². The van der Waals surface area contributed by atoms with Gasteiger partial charge in [0.2, 0.25) is 5.95 Å². The van der Waals surface area contributed by atoms with E-state index >= 15 is 0 Å². The molecule has 0 saturated carbocycles. The number of aliphatic carboxylic acids is 1. The first-order valence-electron chi connectivity index (χ1n) is 6.22. The van der Waals surface area contributed by atoms with Crippen LogP contribution in [0.4, 0.5) is 4.39 Å². The zero-order valence-corrected chi connectivity index (χ0v) is 10.6. The number of halogens is 1. The van der Waals surface area contributed by atoms with Crippen molar-refractivity contribution in [2.75, 3.05) is 6.54 Å². The molecule has 1 aromatic rings. The maximum atomic E-state index is 12.8. The highest BCUT2D eigenvalue weighted by Crippen LogP contribution is 2.03. The SMILES string of the molecule is O=C(O)CCCCCCNC(=O)c1cccc(F)n1. The fourth-order valence-electron chi connectivity index (χ4n) is 1.58. The van der Waals surface area contributed by atoms with Crippen molar-refractivity contribution in [3.8, 4) is 0 Å². The van der Waals surface area contributed by atoms with Crippen molar-refractivity contribution in [2.24, 2.45) is 0 Å². The van der Waals surface area contributed by atoms with Crippen molar-refractivity contribution in [3.05, 3.63) is 29.8 Å². The Kier molecular flexibility index (Phi) is 6.49. The zero-order chi connectivity index (χ0) is 14.1. The van der Waals surface area contributed by atoms with Gasteiger partial charge in [-0.2, -0.15) is 4.39 Å². The molecular weight excluding hydrogens is 251 g/mol. The summed E-state index contributed by atoms with van der Waals surface area (Å²) in [6.45, 7) is 0.476. The van der Waals surface area contributed by atoms with Crippen LogP contribution in [-0.4, -0.2) is 28.5 Å². The van der Waals surface area contributed by atoms with Crippen LogP contribution in [0.5, 0.6) is 0 Å². The maximum Gasteiger partial charge on any atom is 0.303 e. The molecule has 1 aromatic heterocycles. The molecule has 0 atom stereocenters. The topological polar surface area (TPSA) is 79.3 Å². The molecule has 0 aliphatic rings. The number of carboxylic acid groups (broad SMARTS) is 1. The molecular formula is C13H17FN2O3. The van der Waals surface area contributed by atoms with E-state index in [1.54, 1.807) is 0 Å². The lowest BCUT2D eigenvalue weighted by Crippen LogP contribution is -2.25. The summed E-state index contributed by atoms with van der Waals surface area (Å²) in [4.78, 5) is 25.3. The first kappa shape index (κ1) is 15.1. The first-order valence-corrected chi connectivity index (χ1v) is 6.22. The molecule has 1 heterocycles. The minimum atomic E-state index is -0.787. The van der Waals surface area contributed by atoms with Crippen molar-refractivity contribution in [2.45, 2.75) is 32.1 Å². The number of carboxylic acids is 1. The lowest BCUT2D eigenvalue weighted by Gasteiger charge is -2.04. The van der Waals surface area contributed by atoms with Gasteiger partial charge in [0.15, 0.2) is 0 Å². The van der Waals surface area contributed by atoms with E-state index in [0.717, 1.165) is 19.3 Å². The predicted molar refractivity (Wildman–Crippen MR) is 67.2 cm³/mol. The smallest absolute Gasteiger partial charge is 0.303 e.